The van der Waals surface area contributed by atoms with Crippen LogP contribution in [0.5, 0.6) is 0 Å². The topological polar surface area (TPSA) is 92.4 Å². The molecule has 5 nitrogen and oxygen atoms in total. The van der Waals surface area contributed by atoms with E-state index >= 15 is 0 Å². The highest BCUT2D eigenvalue weighted by molar-refractivity contribution is 6.33. The Hall–Kier alpha value is -2.53. The van der Waals surface area contributed by atoms with E-state index in [9.17, 15) is 14.7 Å². The number of nitrogens with two attached hydrogens (primary N) is 1. The molecule has 0 radical (unpaired) electrons. The lowest BCUT2D eigenvalue weighted by Crippen LogP contribution is -2.33. The second kappa shape index (κ2) is 6.28. The molecule has 6 heteroatoms. The molecule has 1 atom stereocenters. The molecular formula is C15H13ClN2O3. The zero-order chi connectivity index (χ0) is 15.4. The van der Waals surface area contributed by atoms with Gasteiger partial charge in [-0.15, -0.1) is 0 Å². The van der Waals surface area contributed by atoms with Crippen molar-refractivity contribution in [3.05, 3.63) is 64.7 Å². The first-order valence-electron chi connectivity index (χ1n) is 6.12. The van der Waals surface area contributed by atoms with Crippen molar-refractivity contribution in [3.8, 4) is 0 Å². The lowest BCUT2D eigenvalue weighted by molar-refractivity contribution is -0.139. The van der Waals surface area contributed by atoms with Crippen molar-refractivity contribution in [1.29, 1.82) is 0 Å². The van der Waals surface area contributed by atoms with Gasteiger partial charge in [-0.2, -0.15) is 0 Å². The van der Waals surface area contributed by atoms with E-state index in [1.54, 1.807) is 30.3 Å². The summed E-state index contributed by atoms with van der Waals surface area (Å²) >= 11 is 5.85. The number of aliphatic carboxylic acids is 1. The van der Waals surface area contributed by atoms with Crippen LogP contribution in [-0.4, -0.2) is 17.0 Å². The first-order valence-corrected chi connectivity index (χ1v) is 6.50. The number of hydrogen-bond acceptors (Lipinski definition) is 3. The first-order chi connectivity index (χ1) is 9.99. The number of nitrogens with one attached hydrogen (secondary N) is 1. The van der Waals surface area contributed by atoms with Gasteiger partial charge in [-0.25, -0.2) is 4.79 Å². The van der Waals surface area contributed by atoms with Crippen molar-refractivity contribution in [2.75, 3.05) is 5.73 Å². The maximum atomic E-state index is 12.1. The number of nitrogen functional groups attached to an aromatic ring is 1. The van der Waals surface area contributed by atoms with Gasteiger partial charge in [0.15, 0.2) is 6.04 Å². The number of carboxylic acids is 1. The standard InChI is InChI=1S/C15H13ClN2O3/c16-11-8-10(6-7-12(11)17)14(19)18-13(15(20)21)9-4-2-1-3-5-9/h1-8,13H,17H2,(H,18,19)(H,20,21)/t13-/m0/s1. The molecule has 0 bridgehead atoms. The zero-order valence-corrected chi connectivity index (χ0v) is 11.7. The van der Waals surface area contributed by atoms with Crippen LogP contribution < -0.4 is 11.1 Å². The Bertz CT molecular complexity index is 674. The average Bonchev–Trinajstić information content (AvgIpc) is 2.48. The highest BCUT2D eigenvalue weighted by atomic mass is 35.5. The summed E-state index contributed by atoms with van der Waals surface area (Å²) in [6, 6.07) is 11.7. The second-order valence-electron chi connectivity index (χ2n) is 4.39. The highest BCUT2D eigenvalue weighted by Crippen LogP contribution is 2.20. The smallest absolute Gasteiger partial charge is 0.330 e. The van der Waals surface area contributed by atoms with Crippen molar-refractivity contribution in [2.45, 2.75) is 6.04 Å². The van der Waals surface area contributed by atoms with Crippen LogP contribution >= 0.6 is 11.6 Å². The Morgan fingerprint density at radius 1 is 1.14 bits per heavy atom. The fraction of sp³-hybridized carbons (Fsp3) is 0.0667. The number of benzene rings is 2. The molecule has 0 fully saturated rings. The van der Waals surface area contributed by atoms with Gasteiger partial charge in [0.05, 0.1) is 10.7 Å². The van der Waals surface area contributed by atoms with Crippen molar-refractivity contribution in [1.82, 2.24) is 5.32 Å². The van der Waals surface area contributed by atoms with Gasteiger partial charge in [-0.05, 0) is 23.8 Å². The van der Waals surface area contributed by atoms with Gasteiger partial charge in [-0.3, -0.25) is 4.79 Å². The summed E-state index contributed by atoms with van der Waals surface area (Å²) < 4.78 is 0. The SMILES string of the molecule is Nc1ccc(C(=O)N[C@H](C(=O)O)c2ccccc2)cc1Cl. The number of carbonyl (C=O) groups is 2. The van der Waals surface area contributed by atoms with E-state index in [1.165, 1.54) is 18.2 Å². The molecule has 1 amide bonds. The van der Waals surface area contributed by atoms with Crippen LogP contribution in [0.3, 0.4) is 0 Å². The summed E-state index contributed by atoms with van der Waals surface area (Å²) in [6.45, 7) is 0. The fourth-order valence-corrected chi connectivity index (χ4v) is 2.00. The van der Waals surface area contributed by atoms with Gasteiger partial charge in [0.1, 0.15) is 0 Å². The summed E-state index contributed by atoms with van der Waals surface area (Å²) in [5, 5.41) is 12.0. The molecule has 21 heavy (non-hydrogen) atoms. The van der Waals surface area contributed by atoms with Crippen LogP contribution in [-0.2, 0) is 4.79 Å². The molecule has 0 aliphatic rings. The number of anilines is 1. The zero-order valence-electron chi connectivity index (χ0n) is 10.9. The predicted octanol–water partition coefficient (Wildman–Crippen LogP) is 2.48. The number of hydrogen-bond donors (Lipinski definition) is 3. The van der Waals surface area contributed by atoms with Crippen LogP contribution in [0, 0.1) is 0 Å². The van der Waals surface area contributed by atoms with Crippen molar-refractivity contribution < 1.29 is 14.7 Å². The summed E-state index contributed by atoms with van der Waals surface area (Å²) in [5.74, 6) is -1.68. The van der Waals surface area contributed by atoms with Gasteiger partial charge >= 0.3 is 5.97 Å². The molecule has 108 valence electrons. The quantitative estimate of drug-likeness (QED) is 0.757. The van der Waals surface area contributed by atoms with Crippen molar-refractivity contribution >= 4 is 29.2 Å². The van der Waals surface area contributed by atoms with E-state index in [0.717, 1.165) is 0 Å². The lowest BCUT2D eigenvalue weighted by Gasteiger charge is -2.15. The molecule has 4 N–H and O–H groups in total. The van der Waals surface area contributed by atoms with Crippen LogP contribution in [0.25, 0.3) is 0 Å². The molecule has 2 aromatic rings. The lowest BCUT2D eigenvalue weighted by atomic mass is 10.1. The van der Waals surface area contributed by atoms with Gasteiger partial charge in [0.2, 0.25) is 0 Å². The third kappa shape index (κ3) is 3.52. The average molecular weight is 305 g/mol. The van der Waals surface area contributed by atoms with E-state index in [-0.39, 0.29) is 10.6 Å². The van der Waals surface area contributed by atoms with Gasteiger partial charge in [0.25, 0.3) is 5.91 Å². The number of rotatable bonds is 4. The van der Waals surface area contributed by atoms with Crippen molar-refractivity contribution in [2.24, 2.45) is 0 Å². The van der Waals surface area contributed by atoms with E-state index in [0.29, 0.717) is 11.3 Å². The van der Waals surface area contributed by atoms with Crippen LogP contribution in [0.2, 0.25) is 5.02 Å². The van der Waals surface area contributed by atoms with Crippen molar-refractivity contribution in [3.63, 3.8) is 0 Å². The monoisotopic (exact) mass is 304 g/mol. The maximum Gasteiger partial charge on any atom is 0.330 e. The molecule has 0 saturated carbocycles. The van der Waals surface area contributed by atoms with Gasteiger partial charge in [-0.1, -0.05) is 41.9 Å². The Morgan fingerprint density at radius 2 is 1.81 bits per heavy atom. The van der Waals surface area contributed by atoms with Crippen LogP contribution in [0.15, 0.2) is 48.5 Å². The first kappa shape index (κ1) is 14.9. The van der Waals surface area contributed by atoms with Gasteiger partial charge in [0, 0.05) is 5.56 Å². The summed E-state index contributed by atoms with van der Waals surface area (Å²) in [5.41, 5.74) is 6.66. The van der Waals surface area contributed by atoms with Gasteiger partial charge < -0.3 is 16.2 Å². The van der Waals surface area contributed by atoms with Crippen LogP contribution in [0.4, 0.5) is 5.69 Å². The Labute approximate surface area is 126 Å². The minimum Gasteiger partial charge on any atom is -0.479 e. The molecule has 0 unspecified atom stereocenters. The molecule has 0 heterocycles. The molecular weight excluding hydrogens is 292 g/mol. The maximum absolute atomic E-state index is 12.1. The molecule has 0 aromatic heterocycles. The molecule has 0 aliphatic carbocycles. The fourth-order valence-electron chi connectivity index (χ4n) is 1.82. The Kier molecular flexibility index (Phi) is 4.45. The number of carbonyl (C=O) groups excluding carboxylic acids is 1. The van der Waals surface area contributed by atoms with E-state index < -0.39 is 17.9 Å². The number of amides is 1. The normalized spacial score (nSPS) is 11.7. The molecule has 0 spiro atoms. The Balaban J connectivity index is 2.23. The van der Waals surface area contributed by atoms with E-state index in [1.807, 2.05) is 0 Å². The summed E-state index contributed by atoms with van der Waals surface area (Å²) in [4.78, 5) is 23.4. The second-order valence-corrected chi connectivity index (χ2v) is 4.80. The molecule has 0 aliphatic heterocycles. The minimum absolute atomic E-state index is 0.245. The summed E-state index contributed by atoms with van der Waals surface area (Å²) in [6.07, 6.45) is 0. The highest BCUT2D eigenvalue weighted by Gasteiger charge is 2.22. The third-order valence-electron chi connectivity index (χ3n) is 2.92. The number of carboxylic acid groups (broad SMARTS) is 1. The minimum atomic E-state index is -1.14. The van der Waals surface area contributed by atoms with Crippen LogP contribution in [0.1, 0.15) is 22.0 Å². The van der Waals surface area contributed by atoms with E-state index in [4.69, 9.17) is 17.3 Å². The largest absolute Gasteiger partial charge is 0.479 e. The third-order valence-corrected chi connectivity index (χ3v) is 3.25. The summed E-state index contributed by atoms with van der Waals surface area (Å²) in [7, 11) is 0. The van der Waals surface area contributed by atoms with E-state index in [2.05, 4.69) is 5.32 Å². The molecule has 2 rings (SSSR count). The number of halogens is 1. The Morgan fingerprint density at radius 3 is 2.38 bits per heavy atom. The molecule has 2 aromatic carbocycles. The molecule has 0 saturated heterocycles. The predicted molar refractivity (Wildman–Crippen MR) is 80.1 cm³/mol.